The van der Waals surface area contributed by atoms with Gasteiger partial charge in [0.1, 0.15) is 0 Å². The summed E-state index contributed by atoms with van der Waals surface area (Å²) in [5, 5.41) is 0.476. The molecule has 1 fully saturated rings. The molecule has 4 rings (SSSR count). The molecule has 6 heteroatoms. The van der Waals surface area contributed by atoms with E-state index < -0.39 is 11.9 Å². The zero-order valence-electron chi connectivity index (χ0n) is 12.1. The number of para-hydroxylation sites is 1. The molecule has 2 aliphatic rings. The van der Waals surface area contributed by atoms with Crippen LogP contribution in [0.3, 0.4) is 0 Å². The molecular weight excluding hydrogens is 319 g/mol. The van der Waals surface area contributed by atoms with Crippen molar-refractivity contribution in [3.05, 3.63) is 52.8 Å². The first-order chi connectivity index (χ1) is 11.1. The molecular formula is C17H14ClFN2O2. The predicted octanol–water partition coefficient (Wildman–Crippen LogP) is 3.78. The van der Waals surface area contributed by atoms with Crippen LogP contribution in [0.1, 0.15) is 24.4 Å². The monoisotopic (exact) mass is 332 g/mol. The zero-order chi connectivity index (χ0) is 16.1. The van der Waals surface area contributed by atoms with Crippen LogP contribution in [0.15, 0.2) is 36.4 Å². The summed E-state index contributed by atoms with van der Waals surface area (Å²) in [5.74, 6) is -0.0316. The largest absolute Gasteiger partial charge is 0.452 e. The average Bonchev–Trinajstić information content (AvgIpc) is 2.67. The third-order valence-electron chi connectivity index (χ3n) is 4.35. The van der Waals surface area contributed by atoms with Gasteiger partial charge in [0, 0.05) is 23.0 Å². The third kappa shape index (κ3) is 2.19. The molecule has 4 nitrogen and oxygen atoms in total. The summed E-state index contributed by atoms with van der Waals surface area (Å²) in [6.45, 7) is 0. The van der Waals surface area contributed by atoms with Crippen molar-refractivity contribution < 1.29 is 13.9 Å². The first kappa shape index (κ1) is 14.5. The Labute approximate surface area is 137 Å². The van der Waals surface area contributed by atoms with E-state index >= 15 is 0 Å². The molecule has 2 unspecified atom stereocenters. The number of piperidine rings is 1. The number of rotatable bonds is 0. The molecule has 0 bridgehead atoms. The lowest BCUT2D eigenvalue weighted by Gasteiger charge is -2.38. The summed E-state index contributed by atoms with van der Waals surface area (Å²) < 4.78 is 20.1. The number of carbonyl (C=O) groups excluding carboxylic acids is 1. The molecule has 1 saturated heterocycles. The van der Waals surface area contributed by atoms with Gasteiger partial charge in [0.2, 0.25) is 5.91 Å². The zero-order valence-corrected chi connectivity index (χ0v) is 12.9. The Morgan fingerprint density at radius 2 is 2.13 bits per heavy atom. The molecule has 0 aromatic heterocycles. The fraction of sp³-hybridized carbons (Fsp3) is 0.235. The van der Waals surface area contributed by atoms with Crippen LogP contribution >= 0.6 is 11.6 Å². The Morgan fingerprint density at radius 1 is 1.30 bits per heavy atom. The minimum atomic E-state index is -0.476. The van der Waals surface area contributed by atoms with Crippen molar-refractivity contribution in [3.8, 4) is 11.5 Å². The maximum absolute atomic E-state index is 14.3. The quantitative estimate of drug-likeness (QED) is 0.798. The van der Waals surface area contributed by atoms with E-state index in [0.29, 0.717) is 34.9 Å². The van der Waals surface area contributed by atoms with E-state index in [-0.39, 0.29) is 17.7 Å². The second-order valence-electron chi connectivity index (χ2n) is 5.78. The van der Waals surface area contributed by atoms with Crippen molar-refractivity contribution in [3.63, 3.8) is 0 Å². The van der Waals surface area contributed by atoms with Gasteiger partial charge < -0.3 is 10.5 Å². The lowest BCUT2D eigenvalue weighted by atomic mass is 9.89. The number of carbonyl (C=O) groups is 1. The van der Waals surface area contributed by atoms with Gasteiger partial charge in [-0.2, -0.15) is 0 Å². The Bertz CT molecular complexity index is 811. The number of benzene rings is 2. The van der Waals surface area contributed by atoms with E-state index in [9.17, 15) is 9.18 Å². The first-order valence-electron chi connectivity index (χ1n) is 7.39. The molecule has 2 heterocycles. The second-order valence-corrected chi connectivity index (χ2v) is 6.22. The van der Waals surface area contributed by atoms with Crippen molar-refractivity contribution >= 4 is 23.2 Å². The summed E-state index contributed by atoms with van der Waals surface area (Å²) in [7, 11) is 0. The topological polar surface area (TPSA) is 55.6 Å². The van der Waals surface area contributed by atoms with E-state index in [0.717, 1.165) is 0 Å². The Hall–Kier alpha value is -2.11. The van der Waals surface area contributed by atoms with Crippen molar-refractivity contribution in [1.82, 2.24) is 0 Å². The number of amides is 1. The Kier molecular flexibility index (Phi) is 3.28. The molecule has 2 aromatic rings. The van der Waals surface area contributed by atoms with Gasteiger partial charge in [-0.1, -0.05) is 23.7 Å². The highest BCUT2D eigenvalue weighted by Gasteiger charge is 2.41. The Balaban J connectivity index is 2.02. The fourth-order valence-corrected chi connectivity index (χ4v) is 3.48. The minimum absolute atomic E-state index is 0.0686. The average molecular weight is 333 g/mol. The molecule has 0 spiro atoms. The summed E-state index contributed by atoms with van der Waals surface area (Å²) in [4.78, 5) is 14.2. The van der Waals surface area contributed by atoms with Crippen molar-refractivity contribution in [2.24, 2.45) is 5.73 Å². The van der Waals surface area contributed by atoms with Gasteiger partial charge >= 0.3 is 0 Å². The summed E-state index contributed by atoms with van der Waals surface area (Å²) in [5.41, 5.74) is 7.38. The van der Waals surface area contributed by atoms with Gasteiger partial charge in [-0.25, -0.2) is 4.39 Å². The number of nitrogens with two attached hydrogens (primary N) is 1. The molecule has 2 aromatic carbocycles. The molecule has 0 saturated carbocycles. The van der Waals surface area contributed by atoms with E-state index in [1.54, 1.807) is 35.2 Å². The number of hydrogen-bond donors (Lipinski definition) is 1. The highest BCUT2D eigenvalue weighted by molar-refractivity contribution is 6.31. The van der Waals surface area contributed by atoms with Gasteiger partial charge in [-0.3, -0.25) is 9.69 Å². The van der Waals surface area contributed by atoms with Crippen molar-refractivity contribution in [2.45, 2.75) is 24.9 Å². The lowest BCUT2D eigenvalue weighted by molar-refractivity contribution is -0.120. The molecule has 118 valence electrons. The van der Waals surface area contributed by atoms with Gasteiger partial charge in [-0.05, 0) is 30.7 Å². The number of halogens is 2. The maximum Gasteiger partial charge on any atom is 0.227 e. The van der Waals surface area contributed by atoms with Crippen LogP contribution in [0.5, 0.6) is 11.5 Å². The van der Waals surface area contributed by atoms with Crippen LogP contribution in [-0.4, -0.2) is 11.9 Å². The standard InChI is InChI=1S/C17H14ClFN2O2/c18-9-4-6-14-13(8-9)21-15(22)7-5-12(20)16(21)10-2-1-3-11(19)17(10)23-14/h1-4,6,8,12,16H,5,7,20H2. The smallest absolute Gasteiger partial charge is 0.227 e. The highest BCUT2D eigenvalue weighted by Crippen LogP contribution is 2.48. The van der Waals surface area contributed by atoms with E-state index in [1.165, 1.54) is 6.07 Å². The Morgan fingerprint density at radius 3 is 2.96 bits per heavy atom. The van der Waals surface area contributed by atoms with Gasteiger partial charge in [0.25, 0.3) is 0 Å². The van der Waals surface area contributed by atoms with E-state index in [2.05, 4.69) is 0 Å². The minimum Gasteiger partial charge on any atom is -0.452 e. The number of anilines is 1. The van der Waals surface area contributed by atoms with Crippen LogP contribution in [0.25, 0.3) is 0 Å². The molecule has 0 aliphatic carbocycles. The highest BCUT2D eigenvalue weighted by atomic mass is 35.5. The van der Waals surface area contributed by atoms with Gasteiger partial charge in [-0.15, -0.1) is 0 Å². The molecule has 1 amide bonds. The third-order valence-corrected chi connectivity index (χ3v) is 4.59. The van der Waals surface area contributed by atoms with Crippen LogP contribution in [-0.2, 0) is 4.79 Å². The predicted molar refractivity (Wildman–Crippen MR) is 85.4 cm³/mol. The number of hydrogen-bond acceptors (Lipinski definition) is 3. The van der Waals surface area contributed by atoms with Crippen molar-refractivity contribution in [1.29, 1.82) is 0 Å². The molecule has 2 aliphatic heterocycles. The molecule has 2 atom stereocenters. The summed E-state index contributed by atoms with van der Waals surface area (Å²) in [6, 6.07) is 8.86. The second kappa shape index (κ2) is 5.22. The van der Waals surface area contributed by atoms with Crippen LogP contribution in [0, 0.1) is 5.82 Å². The molecule has 0 radical (unpaired) electrons. The number of ether oxygens (including phenoxy) is 1. The fourth-order valence-electron chi connectivity index (χ4n) is 3.31. The van der Waals surface area contributed by atoms with Crippen LogP contribution in [0.4, 0.5) is 10.1 Å². The maximum atomic E-state index is 14.3. The van der Waals surface area contributed by atoms with Gasteiger partial charge in [0.15, 0.2) is 17.3 Å². The van der Waals surface area contributed by atoms with Crippen molar-refractivity contribution in [2.75, 3.05) is 4.90 Å². The molecule has 2 N–H and O–H groups in total. The summed E-state index contributed by atoms with van der Waals surface area (Å²) in [6.07, 6.45) is 0.889. The summed E-state index contributed by atoms with van der Waals surface area (Å²) >= 11 is 6.09. The van der Waals surface area contributed by atoms with Crippen LogP contribution < -0.4 is 15.4 Å². The lowest BCUT2D eigenvalue weighted by Crippen LogP contribution is -2.48. The molecule has 23 heavy (non-hydrogen) atoms. The first-order valence-corrected chi connectivity index (χ1v) is 7.77. The van der Waals surface area contributed by atoms with E-state index in [1.807, 2.05) is 0 Å². The van der Waals surface area contributed by atoms with Gasteiger partial charge in [0.05, 0.1) is 11.7 Å². The number of nitrogens with zero attached hydrogens (tertiary/aromatic N) is 1. The van der Waals surface area contributed by atoms with Crippen LogP contribution in [0.2, 0.25) is 5.02 Å². The number of fused-ring (bicyclic) bond motifs is 5. The normalized spacial score (nSPS) is 22.6. The SMILES string of the molecule is NC1CCC(=O)N2c3cc(Cl)ccc3Oc3c(F)cccc3C12. The van der Waals surface area contributed by atoms with E-state index in [4.69, 9.17) is 22.1 Å².